The second-order valence-corrected chi connectivity index (χ2v) is 4.83. The quantitative estimate of drug-likeness (QED) is 0.656. The van der Waals surface area contributed by atoms with Crippen LogP contribution in [0.25, 0.3) is 0 Å². The molecule has 1 N–H and O–H groups in total. The van der Waals surface area contributed by atoms with E-state index in [-0.39, 0.29) is 18.2 Å². The maximum atomic E-state index is 10.9. The number of nitrogens with zero attached hydrogens (tertiary/aromatic N) is 1. The van der Waals surface area contributed by atoms with Crippen LogP contribution in [0.4, 0.5) is 0 Å². The number of carbonyl (C=O) groups excluding carboxylic acids is 1. The van der Waals surface area contributed by atoms with Gasteiger partial charge in [-0.1, -0.05) is 0 Å². The molecule has 1 amide bonds. The average molecular weight is 208 g/mol. The van der Waals surface area contributed by atoms with E-state index in [4.69, 9.17) is 0 Å². The minimum Gasteiger partial charge on any atom is -0.345 e. The van der Waals surface area contributed by atoms with Crippen LogP contribution < -0.4 is 4.72 Å². The van der Waals surface area contributed by atoms with Crippen molar-refractivity contribution in [1.82, 2.24) is 9.62 Å². The van der Waals surface area contributed by atoms with Crippen molar-refractivity contribution in [2.45, 2.75) is 13.8 Å². The number of nitrogens with one attached hydrogen (secondary N) is 1. The van der Waals surface area contributed by atoms with Gasteiger partial charge in [-0.3, -0.25) is 4.79 Å². The summed E-state index contributed by atoms with van der Waals surface area (Å²) in [6.45, 7) is 3.67. The molecule has 0 aliphatic heterocycles. The summed E-state index contributed by atoms with van der Waals surface area (Å²) < 4.78 is 24.2. The second-order valence-electron chi connectivity index (χ2n) is 2.74. The van der Waals surface area contributed by atoms with Crippen LogP contribution in [0.3, 0.4) is 0 Å². The molecule has 0 aromatic carbocycles. The van der Waals surface area contributed by atoms with E-state index in [0.29, 0.717) is 6.54 Å². The molecule has 0 radical (unpaired) electrons. The van der Waals surface area contributed by atoms with E-state index >= 15 is 0 Å². The van der Waals surface area contributed by atoms with Crippen LogP contribution in [0.15, 0.2) is 0 Å². The number of likely N-dealkylation sites (N-methyl/N-ethyl adjacent to an activating group) is 1. The Morgan fingerprint density at radius 2 is 2.00 bits per heavy atom. The van der Waals surface area contributed by atoms with Crippen LogP contribution in [-0.4, -0.2) is 45.1 Å². The molecule has 78 valence electrons. The Balaban J connectivity index is 3.75. The van der Waals surface area contributed by atoms with E-state index < -0.39 is 10.0 Å². The lowest BCUT2D eigenvalue weighted by Gasteiger charge is -2.14. The van der Waals surface area contributed by atoms with Crippen molar-refractivity contribution in [2.75, 3.05) is 25.9 Å². The van der Waals surface area contributed by atoms with Gasteiger partial charge in [-0.25, -0.2) is 13.1 Å². The highest BCUT2D eigenvalue weighted by molar-refractivity contribution is 7.89. The zero-order valence-corrected chi connectivity index (χ0v) is 9.02. The summed E-state index contributed by atoms with van der Waals surface area (Å²) >= 11 is 0. The molecule has 0 aromatic rings. The summed E-state index contributed by atoms with van der Waals surface area (Å²) in [4.78, 5) is 12.2. The maximum absolute atomic E-state index is 10.9. The fourth-order valence-corrected chi connectivity index (χ4v) is 1.23. The minimum absolute atomic E-state index is 0.0663. The Hall–Kier alpha value is -0.620. The molecule has 0 spiro atoms. The Morgan fingerprint density at radius 1 is 1.46 bits per heavy atom. The molecule has 0 aliphatic carbocycles. The number of carbonyl (C=O) groups is 1. The van der Waals surface area contributed by atoms with Crippen molar-refractivity contribution >= 4 is 15.9 Å². The van der Waals surface area contributed by atoms with Gasteiger partial charge < -0.3 is 4.90 Å². The molecule has 5 nitrogen and oxygen atoms in total. The lowest BCUT2D eigenvalue weighted by atomic mass is 10.5. The summed E-state index contributed by atoms with van der Waals surface area (Å²) in [5, 5.41) is 0. The van der Waals surface area contributed by atoms with Crippen LogP contribution in [0.1, 0.15) is 13.8 Å². The van der Waals surface area contributed by atoms with Gasteiger partial charge in [0.25, 0.3) is 0 Å². The molecule has 6 heteroatoms. The van der Waals surface area contributed by atoms with E-state index in [1.165, 1.54) is 11.8 Å². The van der Waals surface area contributed by atoms with Gasteiger partial charge >= 0.3 is 0 Å². The van der Waals surface area contributed by atoms with Gasteiger partial charge in [0.1, 0.15) is 0 Å². The lowest BCUT2D eigenvalue weighted by Crippen LogP contribution is -2.35. The predicted octanol–water partition coefficient (Wildman–Crippen LogP) is -0.596. The molecule has 0 saturated carbocycles. The van der Waals surface area contributed by atoms with Gasteiger partial charge in [-0.2, -0.15) is 0 Å². The van der Waals surface area contributed by atoms with Crippen LogP contribution in [0, 0.1) is 0 Å². The molecular weight excluding hydrogens is 192 g/mol. The van der Waals surface area contributed by atoms with Crippen LogP contribution >= 0.6 is 0 Å². The summed E-state index contributed by atoms with van der Waals surface area (Å²) in [6.07, 6.45) is 0. The van der Waals surface area contributed by atoms with Crippen LogP contribution in [0.2, 0.25) is 0 Å². The van der Waals surface area contributed by atoms with Crippen LogP contribution in [0.5, 0.6) is 0 Å². The summed E-state index contributed by atoms with van der Waals surface area (Å²) in [6, 6.07) is 0. The van der Waals surface area contributed by atoms with Gasteiger partial charge in [0, 0.05) is 27.1 Å². The zero-order valence-electron chi connectivity index (χ0n) is 8.20. The first-order chi connectivity index (χ1) is 5.89. The molecule has 0 saturated heterocycles. The van der Waals surface area contributed by atoms with E-state index in [1.54, 1.807) is 14.0 Å². The molecule has 0 aromatic heterocycles. The SMILES string of the molecule is CCS(=O)(=O)NCCN(C)C(C)=O. The van der Waals surface area contributed by atoms with Crippen molar-refractivity contribution < 1.29 is 13.2 Å². The third-order valence-electron chi connectivity index (χ3n) is 1.69. The summed E-state index contributed by atoms with van der Waals surface area (Å²) in [5.74, 6) is -0.00717. The minimum atomic E-state index is -3.13. The molecule has 0 bridgehead atoms. The Labute approximate surface area is 79.2 Å². The first-order valence-electron chi connectivity index (χ1n) is 4.08. The average Bonchev–Trinajstić information content (AvgIpc) is 2.04. The number of hydrogen-bond acceptors (Lipinski definition) is 3. The van der Waals surface area contributed by atoms with Crippen molar-refractivity contribution in [1.29, 1.82) is 0 Å². The summed E-state index contributed by atoms with van der Waals surface area (Å²) in [5.41, 5.74) is 0. The third kappa shape index (κ3) is 5.59. The molecule has 0 fully saturated rings. The molecule has 0 atom stereocenters. The molecule has 0 unspecified atom stereocenters. The van der Waals surface area contributed by atoms with Crippen molar-refractivity contribution in [2.24, 2.45) is 0 Å². The maximum Gasteiger partial charge on any atom is 0.219 e. The van der Waals surface area contributed by atoms with Gasteiger partial charge in [-0.15, -0.1) is 0 Å². The predicted molar refractivity (Wildman–Crippen MR) is 50.8 cm³/mol. The number of amides is 1. The lowest BCUT2D eigenvalue weighted by molar-refractivity contribution is -0.127. The molecular formula is C7H16N2O3S. The van der Waals surface area contributed by atoms with Crippen molar-refractivity contribution in [3.8, 4) is 0 Å². The standard InChI is InChI=1S/C7H16N2O3S/c1-4-13(11,12)8-5-6-9(3)7(2)10/h8H,4-6H2,1-3H3. The normalized spacial score (nSPS) is 11.3. The van der Waals surface area contributed by atoms with Crippen molar-refractivity contribution in [3.63, 3.8) is 0 Å². The third-order valence-corrected chi connectivity index (χ3v) is 3.09. The second kappa shape index (κ2) is 5.18. The number of sulfonamides is 1. The Bertz CT molecular complexity index is 261. The highest BCUT2D eigenvalue weighted by atomic mass is 32.2. The highest BCUT2D eigenvalue weighted by Gasteiger charge is 2.06. The Kier molecular flexibility index (Phi) is 4.94. The topological polar surface area (TPSA) is 66.5 Å². The van der Waals surface area contributed by atoms with Crippen LogP contribution in [-0.2, 0) is 14.8 Å². The van der Waals surface area contributed by atoms with E-state index in [0.717, 1.165) is 0 Å². The van der Waals surface area contributed by atoms with Gasteiger partial charge in [0.05, 0.1) is 5.75 Å². The highest BCUT2D eigenvalue weighted by Crippen LogP contribution is 1.84. The van der Waals surface area contributed by atoms with Crippen molar-refractivity contribution in [3.05, 3.63) is 0 Å². The fourth-order valence-electron chi connectivity index (χ4n) is 0.628. The van der Waals surface area contributed by atoms with E-state index in [9.17, 15) is 13.2 Å². The monoisotopic (exact) mass is 208 g/mol. The summed E-state index contributed by atoms with van der Waals surface area (Å²) in [7, 11) is -1.50. The first kappa shape index (κ1) is 12.4. The van der Waals surface area contributed by atoms with E-state index in [2.05, 4.69) is 4.72 Å². The van der Waals surface area contributed by atoms with Gasteiger partial charge in [0.15, 0.2) is 0 Å². The number of rotatable bonds is 5. The first-order valence-corrected chi connectivity index (χ1v) is 5.73. The zero-order chi connectivity index (χ0) is 10.5. The number of hydrogen-bond donors (Lipinski definition) is 1. The van der Waals surface area contributed by atoms with Gasteiger partial charge in [-0.05, 0) is 6.92 Å². The largest absolute Gasteiger partial charge is 0.345 e. The fraction of sp³-hybridized carbons (Fsp3) is 0.857. The molecule has 0 heterocycles. The molecule has 13 heavy (non-hydrogen) atoms. The van der Waals surface area contributed by atoms with E-state index in [1.807, 2.05) is 0 Å². The molecule has 0 rings (SSSR count). The molecule has 0 aliphatic rings. The van der Waals surface area contributed by atoms with Gasteiger partial charge in [0.2, 0.25) is 15.9 Å². The smallest absolute Gasteiger partial charge is 0.219 e. The Morgan fingerprint density at radius 3 is 2.38 bits per heavy atom.